The summed E-state index contributed by atoms with van der Waals surface area (Å²) in [5, 5.41) is 1.04. The third kappa shape index (κ3) is 2.74. The van der Waals surface area contributed by atoms with Gasteiger partial charge in [0, 0.05) is 38.3 Å². The van der Waals surface area contributed by atoms with Crippen LogP contribution in [0.3, 0.4) is 0 Å². The van der Waals surface area contributed by atoms with Gasteiger partial charge in [-0.1, -0.05) is 12.1 Å². The average molecular weight is 326 g/mol. The van der Waals surface area contributed by atoms with Gasteiger partial charge in [0.05, 0.1) is 21.3 Å². The van der Waals surface area contributed by atoms with Crippen molar-refractivity contribution in [3.8, 4) is 0 Å². The molecule has 23 heavy (non-hydrogen) atoms. The van der Waals surface area contributed by atoms with E-state index in [-0.39, 0.29) is 5.91 Å². The van der Waals surface area contributed by atoms with Crippen LogP contribution in [0.2, 0.25) is 0 Å². The molecule has 1 aliphatic heterocycles. The summed E-state index contributed by atoms with van der Waals surface area (Å²) in [6.45, 7) is 3.57. The van der Waals surface area contributed by atoms with E-state index in [4.69, 9.17) is 0 Å². The molecular formula is C17H18N4OS. The first-order chi connectivity index (χ1) is 11.2. The molecule has 0 bridgehead atoms. The number of para-hydroxylation sites is 1. The van der Waals surface area contributed by atoms with Gasteiger partial charge in [-0.25, -0.2) is 9.97 Å². The minimum Gasteiger partial charge on any atom is -0.338 e. The highest BCUT2D eigenvalue weighted by Gasteiger charge is 2.31. The van der Waals surface area contributed by atoms with Crippen molar-refractivity contribution in [1.82, 2.24) is 19.4 Å². The summed E-state index contributed by atoms with van der Waals surface area (Å²) >= 11 is 1.68. The average Bonchev–Trinajstić information content (AvgIpc) is 3.10. The zero-order chi connectivity index (χ0) is 15.8. The van der Waals surface area contributed by atoms with Crippen molar-refractivity contribution >= 4 is 27.5 Å². The van der Waals surface area contributed by atoms with Gasteiger partial charge in [0.15, 0.2) is 0 Å². The number of benzene rings is 1. The summed E-state index contributed by atoms with van der Waals surface area (Å²) in [5.41, 5.74) is 1.03. The molecule has 0 aliphatic carbocycles. The van der Waals surface area contributed by atoms with Crippen molar-refractivity contribution in [1.29, 1.82) is 0 Å². The topological polar surface area (TPSA) is 51.0 Å². The molecule has 3 heterocycles. The summed E-state index contributed by atoms with van der Waals surface area (Å²) in [6, 6.07) is 8.49. The van der Waals surface area contributed by atoms with Crippen LogP contribution in [0.5, 0.6) is 0 Å². The minimum absolute atomic E-state index is 0.221. The predicted octanol–water partition coefficient (Wildman–Crippen LogP) is 2.82. The molecule has 0 atom stereocenters. The summed E-state index contributed by atoms with van der Waals surface area (Å²) < 4.78 is 3.34. The highest BCUT2D eigenvalue weighted by molar-refractivity contribution is 7.18. The zero-order valence-electron chi connectivity index (χ0n) is 13.0. The predicted molar refractivity (Wildman–Crippen MR) is 90.5 cm³/mol. The van der Waals surface area contributed by atoms with Crippen LogP contribution in [0.1, 0.15) is 23.3 Å². The first-order valence-corrected chi connectivity index (χ1v) is 8.64. The van der Waals surface area contributed by atoms with Crippen LogP contribution in [0.25, 0.3) is 10.2 Å². The number of nitrogens with zero attached hydrogens (tertiary/aromatic N) is 4. The number of aromatic nitrogens is 3. The lowest BCUT2D eigenvalue weighted by molar-refractivity contribution is -0.136. The SMILES string of the molecule is Cc1nccn1C1CN(C(=O)CCc2nc3ccccc3s2)C1. The number of fused-ring (bicyclic) bond motifs is 1. The second-order valence-corrected chi connectivity index (χ2v) is 7.02. The Balaban J connectivity index is 1.32. The number of thiazole rings is 1. The monoisotopic (exact) mass is 326 g/mol. The number of hydrogen-bond acceptors (Lipinski definition) is 4. The molecular weight excluding hydrogens is 308 g/mol. The molecule has 0 unspecified atom stereocenters. The van der Waals surface area contributed by atoms with E-state index in [0.29, 0.717) is 12.5 Å². The second-order valence-electron chi connectivity index (χ2n) is 5.91. The van der Waals surface area contributed by atoms with Gasteiger partial charge in [0.1, 0.15) is 5.82 Å². The van der Waals surface area contributed by atoms with Crippen molar-refractivity contribution < 1.29 is 4.79 Å². The first-order valence-electron chi connectivity index (χ1n) is 7.82. The molecule has 0 radical (unpaired) electrons. The van der Waals surface area contributed by atoms with Gasteiger partial charge in [-0.3, -0.25) is 4.79 Å². The van der Waals surface area contributed by atoms with Crippen molar-refractivity contribution in [2.45, 2.75) is 25.8 Å². The van der Waals surface area contributed by atoms with E-state index < -0.39 is 0 Å². The number of carbonyl (C=O) groups excluding carboxylic acids is 1. The molecule has 0 spiro atoms. The number of amides is 1. The molecule has 1 saturated heterocycles. The lowest BCUT2D eigenvalue weighted by atomic mass is 10.1. The van der Waals surface area contributed by atoms with Crippen LogP contribution in [0.15, 0.2) is 36.7 Å². The Bertz CT molecular complexity index is 814. The van der Waals surface area contributed by atoms with E-state index >= 15 is 0 Å². The molecule has 1 fully saturated rings. The zero-order valence-corrected chi connectivity index (χ0v) is 13.8. The van der Waals surface area contributed by atoms with Crippen LogP contribution >= 0.6 is 11.3 Å². The summed E-state index contributed by atoms with van der Waals surface area (Å²) in [5.74, 6) is 1.23. The Labute approximate surface area is 138 Å². The van der Waals surface area contributed by atoms with Crippen molar-refractivity contribution in [3.05, 3.63) is 47.5 Å². The number of hydrogen-bond donors (Lipinski definition) is 0. The molecule has 4 rings (SSSR count). The van der Waals surface area contributed by atoms with Gasteiger partial charge in [-0.15, -0.1) is 11.3 Å². The van der Waals surface area contributed by atoms with E-state index in [9.17, 15) is 4.79 Å². The maximum Gasteiger partial charge on any atom is 0.223 e. The van der Waals surface area contributed by atoms with Crippen LogP contribution in [-0.2, 0) is 11.2 Å². The quantitative estimate of drug-likeness (QED) is 0.741. The van der Waals surface area contributed by atoms with Crippen LogP contribution < -0.4 is 0 Å². The van der Waals surface area contributed by atoms with Gasteiger partial charge in [0.2, 0.25) is 5.91 Å². The third-order valence-corrected chi connectivity index (χ3v) is 5.46. The molecule has 6 heteroatoms. The van der Waals surface area contributed by atoms with Gasteiger partial charge >= 0.3 is 0 Å². The Kier molecular flexibility index (Phi) is 3.61. The number of carbonyl (C=O) groups is 1. The largest absolute Gasteiger partial charge is 0.338 e. The van der Waals surface area contributed by atoms with Crippen LogP contribution in [0, 0.1) is 6.92 Å². The summed E-state index contributed by atoms with van der Waals surface area (Å²) in [6.07, 6.45) is 5.06. The van der Waals surface area contributed by atoms with Gasteiger partial charge in [0.25, 0.3) is 0 Å². The van der Waals surface area contributed by atoms with Gasteiger partial charge in [-0.2, -0.15) is 0 Å². The fourth-order valence-electron chi connectivity index (χ4n) is 3.01. The lowest BCUT2D eigenvalue weighted by Crippen LogP contribution is -2.50. The van der Waals surface area contributed by atoms with Crippen molar-refractivity contribution in [2.75, 3.05) is 13.1 Å². The highest BCUT2D eigenvalue weighted by Crippen LogP contribution is 2.25. The summed E-state index contributed by atoms with van der Waals surface area (Å²) in [7, 11) is 0. The molecule has 1 aliphatic rings. The molecule has 118 valence electrons. The van der Waals surface area contributed by atoms with E-state index in [0.717, 1.165) is 35.9 Å². The fraction of sp³-hybridized carbons (Fsp3) is 0.353. The Morgan fingerprint density at radius 2 is 2.17 bits per heavy atom. The minimum atomic E-state index is 0.221. The molecule has 0 N–H and O–H groups in total. The number of aryl methyl sites for hydroxylation is 2. The Morgan fingerprint density at radius 3 is 2.91 bits per heavy atom. The smallest absolute Gasteiger partial charge is 0.223 e. The van der Waals surface area contributed by atoms with Crippen LogP contribution in [0.4, 0.5) is 0 Å². The van der Waals surface area contributed by atoms with Gasteiger partial charge < -0.3 is 9.47 Å². The first kappa shape index (κ1) is 14.4. The Hall–Kier alpha value is -2.21. The molecule has 1 amide bonds. The Morgan fingerprint density at radius 1 is 1.35 bits per heavy atom. The number of imidazole rings is 1. The maximum atomic E-state index is 12.3. The lowest BCUT2D eigenvalue weighted by Gasteiger charge is -2.40. The fourth-order valence-corrected chi connectivity index (χ4v) is 3.97. The second kappa shape index (κ2) is 5.77. The van der Waals surface area contributed by atoms with E-state index in [2.05, 4.69) is 20.6 Å². The van der Waals surface area contributed by atoms with Gasteiger partial charge in [-0.05, 0) is 19.1 Å². The van der Waals surface area contributed by atoms with E-state index in [1.165, 1.54) is 4.70 Å². The molecule has 3 aromatic rings. The third-order valence-electron chi connectivity index (χ3n) is 4.36. The molecule has 5 nitrogen and oxygen atoms in total. The molecule has 0 saturated carbocycles. The number of rotatable bonds is 4. The maximum absolute atomic E-state index is 12.3. The van der Waals surface area contributed by atoms with Crippen LogP contribution in [-0.4, -0.2) is 38.4 Å². The molecule has 1 aromatic carbocycles. The number of likely N-dealkylation sites (tertiary alicyclic amines) is 1. The van der Waals surface area contributed by atoms with E-state index in [1.54, 1.807) is 11.3 Å². The van der Waals surface area contributed by atoms with Crippen molar-refractivity contribution in [2.24, 2.45) is 0 Å². The van der Waals surface area contributed by atoms with E-state index in [1.807, 2.05) is 42.4 Å². The normalized spacial score (nSPS) is 15.1. The highest BCUT2D eigenvalue weighted by atomic mass is 32.1. The van der Waals surface area contributed by atoms with Crippen molar-refractivity contribution in [3.63, 3.8) is 0 Å². The standard InChI is InChI=1S/C17H18N4OS/c1-12-18-8-9-21(12)13-10-20(11-13)17(22)7-6-16-19-14-4-2-3-5-15(14)23-16/h2-5,8-9,13H,6-7,10-11H2,1H3. The summed E-state index contributed by atoms with van der Waals surface area (Å²) in [4.78, 5) is 23.0. The molecule has 2 aromatic heterocycles.